The van der Waals surface area contributed by atoms with E-state index in [1.165, 1.54) is 6.07 Å². The molecule has 0 saturated carbocycles. The third-order valence-electron chi connectivity index (χ3n) is 2.78. The van der Waals surface area contributed by atoms with E-state index in [2.05, 4.69) is 5.32 Å². The Morgan fingerprint density at radius 2 is 2.06 bits per heavy atom. The van der Waals surface area contributed by atoms with E-state index in [0.29, 0.717) is 11.4 Å². The van der Waals surface area contributed by atoms with Crippen LogP contribution in [0.15, 0.2) is 24.3 Å². The van der Waals surface area contributed by atoms with Crippen LogP contribution in [0.3, 0.4) is 0 Å². The number of alkyl halides is 3. The molecule has 0 fully saturated rings. The first-order chi connectivity index (χ1) is 8.43. The van der Waals surface area contributed by atoms with E-state index >= 15 is 0 Å². The fraction of sp³-hybridized carbons (Fsp3) is 0.364. The summed E-state index contributed by atoms with van der Waals surface area (Å²) in [5, 5.41) is 2.53. The van der Waals surface area contributed by atoms with E-state index in [4.69, 9.17) is 5.73 Å². The van der Waals surface area contributed by atoms with E-state index in [1.807, 2.05) is 0 Å². The highest BCUT2D eigenvalue weighted by Gasteiger charge is 2.44. The number of benzene rings is 1. The second-order valence-electron chi connectivity index (χ2n) is 3.99. The van der Waals surface area contributed by atoms with Crippen LogP contribution >= 0.6 is 0 Å². The zero-order chi connectivity index (χ0) is 13.3. The van der Waals surface area contributed by atoms with Crippen LogP contribution in [0.4, 0.5) is 24.5 Å². The Morgan fingerprint density at radius 3 is 2.67 bits per heavy atom. The summed E-state index contributed by atoms with van der Waals surface area (Å²) in [6, 6.07) is 4.50. The van der Waals surface area contributed by atoms with Crippen molar-refractivity contribution in [2.45, 2.75) is 12.2 Å². The van der Waals surface area contributed by atoms with Gasteiger partial charge in [-0.3, -0.25) is 4.79 Å². The monoisotopic (exact) mass is 259 g/mol. The Labute approximate surface area is 102 Å². The Bertz CT molecular complexity index is 461. The molecule has 0 radical (unpaired) electrons. The molecule has 4 nitrogen and oxygen atoms in total. The van der Waals surface area contributed by atoms with Gasteiger partial charge >= 0.3 is 6.18 Å². The van der Waals surface area contributed by atoms with Crippen LogP contribution in [0.25, 0.3) is 0 Å². The van der Waals surface area contributed by atoms with Gasteiger partial charge in [0.25, 0.3) is 0 Å². The van der Waals surface area contributed by atoms with Crippen molar-refractivity contribution in [1.82, 2.24) is 0 Å². The number of anilines is 2. The number of nitrogens with zero attached hydrogens (tertiary/aromatic N) is 1. The van der Waals surface area contributed by atoms with E-state index < -0.39 is 24.7 Å². The molecule has 7 heteroatoms. The van der Waals surface area contributed by atoms with Gasteiger partial charge in [0.2, 0.25) is 5.91 Å². The van der Waals surface area contributed by atoms with Crippen LogP contribution in [0, 0.1) is 0 Å². The number of hydrogen-bond acceptors (Lipinski definition) is 3. The van der Waals surface area contributed by atoms with Crippen molar-refractivity contribution in [2.24, 2.45) is 5.73 Å². The molecule has 0 saturated heterocycles. The molecular formula is C11H12F3N3O. The number of carbonyl (C=O) groups excluding carboxylic acids is 1. The smallest absolute Gasteiger partial charge is 0.348 e. The summed E-state index contributed by atoms with van der Waals surface area (Å²) in [6.07, 6.45) is -4.47. The normalized spacial score (nSPS) is 17.1. The first-order valence-electron chi connectivity index (χ1n) is 5.36. The third kappa shape index (κ3) is 2.26. The largest absolute Gasteiger partial charge is 0.409 e. The molecular weight excluding hydrogens is 247 g/mol. The zero-order valence-electron chi connectivity index (χ0n) is 9.37. The Hall–Kier alpha value is -1.76. The topological polar surface area (TPSA) is 58.4 Å². The molecule has 1 aliphatic heterocycles. The van der Waals surface area contributed by atoms with Crippen LogP contribution in [-0.2, 0) is 4.79 Å². The van der Waals surface area contributed by atoms with Gasteiger partial charge in [0.1, 0.15) is 6.04 Å². The summed E-state index contributed by atoms with van der Waals surface area (Å²) in [6.45, 7) is -0.941. The summed E-state index contributed by atoms with van der Waals surface area (Å²) in [5.41, 5.74) is 5.91. The number of hydrogen-bond donors (Lipinski definition) is 2. The number of para-hydroxylation sites is 2. The standard InChI is InChI=1S/C11H12F3N3O/c12-11(13,14)9(5-15)17-6-10(18)16-7-3-1-2-4-8(7)17/h1-4,9H,5-6,15H2,(H,16,18). The molecule has 1 aromatic carbocycles. The molecule has 0 spiro atoms. The van der Waals surface area contributed by atoms with Crippen LogP contribution < -0.4 is 16.0 Å². The van der Waals surface area contributed by atoms with Crippen molar-refractivity contribution < 1.29 is 18.0 Å². The van der Waals surface area contributed by atoms with Gasteiger partial charge in [-0.15, -0.1) is 0 Å². The number of carbonyl (C=O) groups is 1. The lowest BCUT2D eigenvalue weighted by Gasteiger charge is -2.37. The Kier molecular flexibility index (Phi) is 3.16. The van der Waals surface area contributed by atoms with E-state index in [0.717, 1.165) is 4.90 Å². The highest BCUT2D eigenvalue weighted by Crippen LogP contribution is 2.34. The quantitative estimate of drug-likeness (QED) is 0.842. The van der Waals surface area contributed by atoms with Crippen LogP contribution in [0.2, 0.25) is 0 Å². The summed E-state index contributed by atoms with van der Waals surface area (Å²) >= 11 is 0. The number of rotatable bonds is 2. The molecule has 1 aromatic rings. The molecule has 1 heterocycles. The highest BCUT2D eigenvalue weighted by atomic mass is 19.4. The highest BCUT2D eigenvalue weighted by molar-refractivity contribution is 6.01. The SMILES string of the molecule is NCC(N1CC(=O)Nc2ccccc21)C(F)(F)F. The van der Waals surface area contributed by atoms with Crippen molar-refractivity contribution >= 4 is 17.3 Å². The summed E-state index contributed by atoms with van der Waals surface area (Å²) in [4.78, 5) is 12.4. The lowest BCUT2D eigenvalue weighted by molar-refractivity contribution is -0.147. The van der Waals surface area contributed by atoms with Gasteiger partial charge in [0.05, 0.1) is 17.9 Å². The summed E-state index contributed by atoms with van der Waals surface area (Å²) in [7, 11) is 0. The molecule has 0 aromatic heterocycles. The molecule has 1 unspecified atom stereocenters. The predicted molar refractivity (Wildman–Crippen MR) is 61.3 cm³/mol. The van der Waals surface area contributed by atoms with Crippen molar-refractivity contribution in [3.8, 4) is 0 Å². The van der Waals surface area contributed by atoms with Gasteiger partial charge in [-0.2, -0.15) is 13.2 Å². The second-order valence-corrected chi connectivity index (χ2v) is 3.99. The first kappa shape index (κ1) is 12.7. The molecule has 1 atom stereocenters. The average Bonchev–Trinajstić information content (AvgIpc) is 2.27. The predicted octanol–water partition coefficient (Wildman–Crippen LogP) is 1.33. The van der Waals surface area contributed by atoms with Crippen molar-refractivity contribution in [2.75, 3.05) is 23.3 Å². The Morgan fingerprint density at radius 1 is 1.39 bits per heavy atom. The van der Waals surface area contributed by atoms with Gasteiger partial charge in [0.15, 0.2) is 0 Å². The lowest BCUT2D eigenvalue weighted by Crippen LogP contribution is -2.54. The van der Waals surface area contributed by atoms with Crippen LogP contribution in [-0.4, -0.2) is 31.2 Å². The number of fused-ring (bicyclic) bond motifs is 1. The van der Waals surface area contributed by atoms with E-state index in [9.17, 15) is 18.0 Å². The maximum absolute atomic E-state index is 12.9. The first-order valence-corrected chi connectivity index (χ1v) is 5.36. The fourth-order valence-corrected chi connectivity index (χ4v) is 1.98. The van der Waals surface area contributed by atoms with Crippen LogP contribution in [0.1, 0.15) is 0 Å². The number of halogens is 3. The third-order valence-corrected chi connectivity index (χ3v) is 2.78. The maximum Gasteiger partial charge on any atom is 0.409 e. The summed E-state index contributed by atoms with van der Waals surface area (Å²) < 4.78 is 38.6. The molecule has 0 aliphatic carbocycles. The zero-order valence-corrected chi connectivity index (χ0v) is 9.37. The fourth-order valence-electron chi connectivity index (χ4n) is 1.98. The van der Waals surface area contributed by atoms with Gasteiger partial charge < -0.3 is 16.0 Å². The van der Waals surface area contributed by atoms with Crippen molar-refractivity contribution in [3.05, 3.63) is 24.3 Å². The average molecular weight is 259 g/mol. The van der Waals surface area contributed by atoms with Crippen LogP contribution in [0.5, 0.6) is 0 Å². The minimum atomic E-state index is -4.47. The number of nitrogens with two attached hydrogens (primary N) is 1. The van der Waals surface area contributed by atoms with Gasteiger partial charge in [-0.25, -0.2) is 0 Å². The minimum Gasteiger partial charge on any atom is -0.348 e. The molecule has 1 aliphatic rings. The Balaban J connectivity index is 2.42. The molecule has 1 amide bonds. The molecule has 0 bridgehead atoms. The molecule has 2 rings (SSSR count). The van der Waals surface area contributed by atoms with Crippen molar-refractivity contribution in [3.63, 3.8) is 0 Å². The van der Waals surface area contributed by atoms with E-state index in [-0.39, 0.29) is 6.54 Å². The molecule has 3 N–H and O–H groups in total. The number of nitrogens with one attached hydrogen (secondary N) is 1. The number of amides is 1. The maximum atomic E-state index is 12.9. The molecule has 18 heavy (non-hydrogen) atoms. The second kappa shape index (κ2) is 4.49. The van der Waals surface area contributed by atoms with Gasteiger partial charge in [-0.1, -0.05) is 12.1 Å². The minimum absolute atomic E-state index is 0.338. The van der Waals surface area contributed by atoms with Gasteiger partial charge in [-0.05, 0) is 12.1 Å². The lowest BCUT2D eigenvalue weighted by atomic mass is 10.1. The molecule has 98 valence electrons. The van der Waals surface area contributed by atoms with Crippen molar-refractivity contribution in [1.29, 1.82) is 0 Å². The van der Waals surface area contributed by atoms with Gasteiger partial charge in [0, 0.05) is 6.54 Å². The van der Waals surface area contributed by atoms with E-state index in [1.54, 1.807) is 18.2 Å². The summed E-state index contributed by atoms with van der Waals surface area (Å²) in [5.74, 6) is -0.476.